The Kier molecular flexibility index (Phi) is 5.99. The van der Waals surface area contributed by atoms with Crippen LogP contribution in [0, 0.1) is 0 Å². The fourth-order valence-electron chi connectivity index (χ4n) is 3.70. The first-order chi connectivity index (χ1) is 14.7. The van der Waals surface area contributed by atoms with E-state index in [-0.39, 0.29) is 5.91 Å². The normalized spacial score (nSPS) is 14.5. The van der Waals surface area contributed by atoms with Crippen LogP contribution in [0.4, 0.5) is 0 Å². The average molecular weight is 406 g/mol. The number of piperazine rings is 1. The van der Waals surface area contributed by atoms with Gasteiger partial charge in [0.05, 0.1) is 19.9 Å². The molecule has 0 unspecified atom stereocenters. The highest BCUT2D eigenvalue weighted by Crippen LogP contribution is 2.28. The third-order valence-corrected chi connectivity index (χ3v) is 5.39. The van der Waals surface area contributed by atoms with Crippen molar-refractivity contribution < 1.29 is 14.3 Å². The second-order valence-electron chi connectivity index (χ2n) is 7.29. The van der Waals surface area contributed by atoms with E-state index in [0.717, 1.165) is 48.0 Å². The molecule has 30 heavy (non-hydrogen) atoms. The van der Waals surface area contributed by atoms with E-state index in [1.54, 1.807) is 14.2 Å². The second kappa shape index (κ2) is 9.00. The number of carbonyl (C=O) groups is 1. The number of carbonyl (C=O) groups excluding carboxylic acids is 1. The SMILES string of the molecule is COc1ccc(CN2CCN(C(=O)c3cc(-c4ccccc4)n[nH]3)CC2)cc1OC. The lowest BCUT2D eigenvalue weighted by molar-refractivity contribution is 0.0622. The molecule has 1 N–H and O–H groups in total. The lowest BCUT2D eigenvalue weighted by Crippen LogP contribution is -2.48. The molecule has 1 aliphatic rings. The minimum atomic E-state index is -0.00421. The number of nitrogens with one attached hydrogen (secondary N) is 1. The van der Waals surface area contributed by atoms with Crippen LogP contribution >= 0.6 is 0 Å². The zero-order valence-electron chi connectivity index (χ0n) is 17.3. The Balaban J connectivity index is 1.34. The van der Waals surface area contributed by atoms with Crippen LogP contribution in [-0.4, -0.2) is 66.3 Å². The van der Waals surface area contributed by atoms with Gasteiger partial charge in [-0.25, -0.2) is 0 Å². The molecule has 1 aliphatic heterocycles. The van der Waals surface area contributed by atoms with Crippen LogP contribution in [0.25, 0.3) is 11.3 Å². The van der Waals surface area contributed by atoms with Crippen molar-refractivity contribution in [1.82, 2.24) is 20.0 Å². The lowest BCUT2D eigenvalue weighted by atomic mass is 10.1. The molecule has 0 radical (unpaired) electrons. The molecule has 1 aromatic heterocycles. The highest BCUT2D eigenvalue weighted by molar-refractivity contribution is 5.93. The topological polar surface area (TPSA) is 70.7 Å². The largest absolute Gasteiger partial charge is 0.493 e. The summed E-state index contributed by atoms with van der Waals surface area (Å²) in [5.74, 6) is 1.46. The van der Waals surface area contributed by atoms with Gasteiger partial charge in [-0.1, -0.05) is 36.4 Å². The van der Waals surface area contributed by atoms with E-state index in [2.05, 4.69) is 21.2 Å². The summed E-state index contributed by atoms with van der Waals surface area (Å²) in [7, 11) is 3.28. The molecule has 7 heteroatoms. The van der Waals surface area contributed by atoms with Crippen molar-refractivity contribution in [2.24, 2.45) is 0 Å². The van der Waals surface area contributed by atoms with Gasteiger partial charge in [0.2, 0.25) is 0 Å². The highest BCUT2D eigenvalue weighted by atomic mass is 16.5. The Labute approximate surface area is 176 Å². The summed E-state index contributed by atoms with van der Waals surface area (Å²) in [5.41, 5.74) is 3.47. The van der Waals surface area contributed by atoms with Gasteiger partial charge in [-0.05, 0) is 23.8 Å². The van der Waals surface area contributed by atoms with Crippen molar-refractivity contribution in [2.75, 3.05) is 40.4 Å². The lowest BCUT2D eigenvalue weighted by Gasteiger charge is -2.34. The summed E-state index contributed by atoms with van der Waals surface area (Å²) in [5, 5.41) is 7.19. The number of benzene rings is 2. The number of aromatic nitrogens is 2. The van der Waals surface area contributed by atoms with Gasteiger partial charge in [0.1, 0.15) is 5.69 Å². The zero-order valence-corrected chi connectivity index (χ0v) is 17.3. The minimum Gasteiger partial charge on any atom is -0.493 e. The monoisotopic (exact) mass is 406 g/mol. The molecule has 7 nitrogen and oxygen atoms in total. The van der Waals surface area contributed by atoms with Crippen molar-refractivity contribution in [1.29, 1.82) is 0 Å². The Bertz CT molecular complexity index is 995. The van der Waals surface area contributed by atoms with Crippen LogP contribution in [0.15, 0.2) is 54.6 Å². The minimum absolute atomic E-state index is 0.00421. The Morgan fingerprint density at radius 3 is 2.40 bits per heavy atom. The number of hydrogen-bond donors (Lipinski definition) is 1. The van der Waals surface area contributed by atoms with Gasteiger partial charge in [-0.3, -0.25) is 14.8 Å². The molecule has 0 spiro atoms. The summed E-state index contributed by atoms with van der Waals surface area (Å²) < 4.78 is 10.7. The van der Waals surface area contributed by atoms with Gasteiger partial charge < -0.3 is 14.4 Å². The predicted molar refractivity (Wildman–Crippen MR) is 115 cm³/mol. The maximum absolute atomic E-state index is 12.9. The maximum Gasteiger partial charge on any atom is 0.271 e. The number of amides is 1. The zero-order chi connectivity index (χ0) is 20.9. The number of methoxy groups -OCH3 is 2. The Morgan fingerprint density at radius 2 is 1.70 bits per heavy atom. The molecule has 2 heterocycles. The first-order valence-corrected chi connectivity index (χ1v) is 10.0. The smallest absolute Gasteiger partial charge is 0.271 e. The third kappa shape index (κ3) is 4.31. The van der Waals surface area contributed by atoms with Crippen molar-refractivity contribution in [3.05, 3.63) is 65.9 Å². The van der Waals surface area contributed by atoms with Gasteiger partial charge in [0.25, 0.3) is 5.91 Å². The van der Waals surface area contributed by atoms with Crippen LogP contribution in [0.3, 0.4) is 0 Å². The summed E-state index contributed by atoms with van der Waals surface area (Å²) >= 11 is 0. The summed E-state index contributed by atoms with van der Waals surface area (Å²) in [6.07, 6.45) is 0. The first-order valence-electron chi connectivity index (χ1n) is 10.0. The van der Waals surface area contributed by atoms with Crippen molar-refractivity contribution in [2.45, 2.75) is 6.54 Å². The number of nitrogens with zero attached hydrogens (tertiary/aromatic N) is 3. The van der Waals surface area contributed by atoms with Crippen LogP contribution < -0.4 is 9.47 Å². The standard InChI is InChI=1S/C23H26N4O3/c1-29-21-9-8-17(14-22(21)30-2)16-26-10-12-27(13-11-26)23(28)20-15-19(24-25-20)18-6-4-3-5-7-18/h3-9,14-15H,10-13,16H2,1-2H3,(H,24,25). The molecule has 2 aromatic carbocycles. The number of ether oxygens (including phenoxy) is 2. The van der Waals surface area contributed by atoms with Crippen molar-refractivity contribution >= 4 is 5.91 Å². The van der Waals surface area contributed by atoms with Crippen molar-refractivity contribution in [3.8, 4) is 22.8 Å². The van der Waals surface area contributed by atoms with Crippen molar-refractivity contribution in [3.63, 3.8) is 0 Å². The van der Waals surface area contributed by atoms with E-state index < -0.39 is 0 Å². The van der Waals surface area contributed by atoms with E-state index in [1.165, 1.54) is 0 Å². The summed E-state index contributed by atoms with van der Waals surface area (Å²) in [4.78, 5) is 17.1. The number of hydrogen-bond acceptors (Lipinski definition) is 5. The molecule has 4 rings (SSSR count). The van der Waals surface area contributed by atoms with Crippen LogP contribution in [-0.2, 0) is 6.54 Å². The molecule has 0 saturated carbocycles. The molecular formula is C23H26N4O3. The van der Waals surface area contributed by atoms with Gasteiger partial charge in [-0.15, -0.1) is 0 Å². The Morgan fingerprint density at radius 1 is 0.967 bits per heavy atom. The summed E-state index contributed by atoms with van der Waals surface area (Å²) in [6, 6.07) is 17.7. The van der Waals surface area contributed by atoms with Crippen LogP contribution in [0.1, 0.15) is 16.1 Å². The quantitative estimate of drug-likeness (QED) is 0.681. The molecule has 3 aromatic rings. The Hall–Kier alpha value is -3.32. The summed E-state index contributed by atoms with van der Waals surface area (Å²) in [6.45, 7) is 3.82. The highest BCUT2D eigenvalue weighted by Gasteiger charge is 2.24. The molecule has 0 bridgehead atoms. The van der Waals surface area contributed by atoms with Crippen LogP contribution in [0.2, 0.25) is 0 Å². The third-order valence-electron chi connectivity index (χ3n) is 5.39. The van der Waals surface area contributed by atoms with E-state index in [1.807, 2.05) is 53.4 Å². The average Bonchev–Trinajstić information content (AvgIpc) is 3.30. The van der Waals surface area contributed by atoms with Gasteiger partial charge in [-0.2, -0.15) is 5.10 Å². The number of aromatic amines is 1. The molecule has 0 atom stereocenters. The number of H-pyrrole nitrogens is 1. The van der Waals surface area contributed by atoms with E-state index in [9.17, 15) is 4.79 Å². The molecule has 156 valence electrons. The first kappa shape index (κ1) is 20.0. The molecular weight excluding hydrogens is 380 g/mol. The number of rotatable bonds is 6. The van der Waals surface area contributed by atoms with Crippen LogP contribution in [0.5, 0.6) is 11.5 Å². The second-order valence-corrected chi connectivity index (χ2v) is 7.29. The van der Waals surface area contributed by atoms with Gasteiger partial charge in [0.15, 0.2) is 11.5 Å². The molecule has 1 amide bonds. The van der Waals surface area contributed by atoms with Gasteiger partial charge in [0, 0.05) is 38.3 Å². The van der Waals surface area contributed by atoms with Gasteiger partial charge >= 0.3 is 0 Å². The van der Waals surface area contributed by atoms with E-state index in [4.69, 9.17) is 9.47 Å². The fraction of sp³-hybridized carbons (Fsp3) is 0.304. The van der Waals surface area contributed by atoms with E-state index in [0.29, 0.717) is 18.8 Å². The molecule has 1 fully saturated rings. The molecule has 1 saturated heterocycles. The predicted octanol–water partition coefficient (Wildman–Crippen LogP) is 3.05. The van der Waals surface area contributed by atoms with E-state index >= 15 is 0 Å². The maximum atomic E-state index is 12.9. The fourth-order valence-corrected chi connectivity index (χ4v) is 3.70. The molecule has 0 aliphatic carbocycles.